The minimum absolute atomic E-state index is 0.0960. The Morgan fingerprint density at radius 3 is 2.91 bits per heavy atom. The molecule has 11 heteroatoms. The summed E-state index contributed by atoms with van der Waals surface area (Å²) in [6, 6.07) is 5.41. The number of ether oxygens (including phenoxy) is 1. The number of benzene rings is 1. The summed E-state index contributed by atoms with van der Waals surface area (Å²) < 4.78 is 33.5. The zero-order valence-electron chi connectivity index (χ0n) is 17.8. The molecular weight excluding hydrogens is 432 g/mol. The quantitative estimate of drug-likeness (QED) is 0.463. The van der Waals surface area contributed by atoms with Gasteiger partial charge < -0.3 is 20.4 Å². The molecule has 3 N–H and O–H groups in total. The third-order valence-corrected chi connectivity index (χ3v) is 5.76. The van der Waals surface area contributed by atoms with Crippen LogP contribution in [0.4, 0.5) is 20.3 Å². The Morgan fingerprint density at radius 2 is 2.15 bits per heavy atom. The first-order valence-electron chi connectivity index (χ1n) is 10.4. The molecule has 0 saturated heterocycles. The topological polar surface area (TPSA) is 113 Å². The molecule has 9 nitrogen and oxygen atoms in total. The maximum Gasteiger partial charge on any atom is 0.333 e. The van der Waals surface area contributed by atoms with Gasteiger partial charge >= 0.3 is 6.55 Å². The van der Waals surface area contributed by atoms with Crippen LogP contribution < -0.4 is 15.8 Å². The van der Waals surface area contributed by atoms with Gasteiger partial charge in [-0.25, -0.2) is 14.6 Å². The Balaban J connectivity index is 1.45. The molecule has 0 fully saturated rings. The molecule has 0 atom stereocenters. The fraction of sp³-hybridized carbons (Fsp3) is 0.273. The molecule has 1 aliphatic carbocycles. The van der Waals surface area contributed by atoms with Gasteiger partial charge in [0.25, 0.3) is 0 Å². The van der Waals surface area contributed by atoms with E-state index >= 15 is 0 Å². The number of fused-ring (bicyclic) bond motifs is 3. The van der Waals surface area contributed by atoms with E-state index in [1.54, 1.807) is 6.07 Å². The highest BCUT2D eigenvalue weighted by Crippen LogP contribution is 2.38. The summed E-state index contributed by atoms with van der Waals surface area (Å²) in [6.45, 7) is -2.75. The van der Waals surface area contributed by atoms with Gasteiger partial charge in [0.2, 0.25) is 5.91 Å². The monoisotopic (exact) mass is 453 g/mol. The predicted octanol–water partition coefficient (Wildman–Crippen LogP) is 3.27. The van der Waals surface area contributed by atoms with Crippen LogP contribution in [-0.4, -0.2) is 37.3 Å². The van der Waals surface area contributed by atoms with E-state index in [2.05, 4.69) is 25.0 Å². The molecule has 170 valence electrons. The second-order valence-electron chi connectivity index (χ2n) is 7.79. The van der Waals surface area contributed by atoms with E-state index in [4.69, 9.17) is 10.5 Å². The number of aryl methyl sites for hydroxylation is 1. The van der Waals surface area contributed by atoms with Crippen molar-refractivity contribution >= 4 is 28.4 Å². The normalized spacial score (nSPS) is 13.0. The van der Waals surface area contributed by atoms with Gasteiger partial charge in [-0.15, -0.1) is 0 Å². The van der Waals surface area contributed by atoms with Crippen LogP contribution in [0, 0.1) is 0 Å². The van der Waals surface area contributed by atoms with E-state index in [1.165, 1.54) is 25.2 Å². The minimum atomic E-state index is -2.75. The van der Waals surface area contributed by atoms with E-state index in [0.29, 0.717) is 27.5 Å². The van der Waals surface area contributed by atoms with Crippen molar-refractivity contribution in [2.75, 3.05) is 18.2 Å². The van der Waals surface area contributed by atoms with Gasteiger partial charge in [-0.05, 0) is 42.5 Å². The summed E-state index contributed by atoms with van der Waals surface area (Å²) in [5.74, 6) is 0.475. The van der Waals surface area contributed by atoms with Crippen molar-refractivity contribution in [2.24, 2.45) is 0 Å². The number of methoxy groups -OCH3 is 1. The molecule has 1 aromatic carbocycles. The Kier molecular flexibility index (Phi) is 5.15. The van der Waals surface area contributed by atoms with Crippen molar-refractivity contribution in [3.63, 3.8) is 0 Å². The summed E-state index contributed by atoms with van der Waals surface area (Å²) in [6.07, 6.45) is 6.65. The van der Waals surface area contributed by atoms with Crippen LogP contribution in [0.15, 0.2) is 36.9 Å². The average molecular weight is 453 g/mol. The first-order chi connectivity index (χ1) is 16.0. The number of nitrogens with zero attached hydrogens (tertiary/aromatic N) is 5. The van der Waals surface area contributed by atoms with Gasteiger partial charge in [0.05, 0.1) is 30.9 Å². The van der Waals surface area contributed by atoms with Crippen molar-refractivity contribution in [1.82, 2.24) is 24.3 Å². The van der Waals surface area contributed by atoms with E-state index in [9.17, 15) is 13.6 Å². The summed E-state index contributed by atoms with van der Waals surface area (Å²) in [5, 5.41) is 6.32. The molecule has 1 amide bonds. The van der Waals surface area contributed by atoms with E-state index in [1.807, 2.05) is 12.1 Å². The molecule has 5 rings (SSSR count). The van der Waals surface area contributed by atoms with Gasteiger partial charge in [0, 0.05) is 23.6 Å². The number of alkyl halides is 2. The molecule has 0 unspecified atom stereocenters. The number of nitrogens with two attached hydrogens (primary N) is 1. The second-order valence-corrected chi connectivity index (χ2v) is 7.79. The highest BCUT2D eigenvalue weighted by molar-refractivity contribution is 5.94. The standard InChI is InChI=1S/C22H21F2N7O2/c1-33-17-8-13(31-16-4-2-3-14(16)19-20(31)21(25)27-11-26-19)5-6-15(17)29-18(32)7-12-9-28-30(10-12)22(23)24/h5-6,8-11,22H,2-4,7H2,1H3,(H,29,32)(H2,25,26,27). The molecule has 0 aliphatic heterocycles. The van der Waals surface area contributed by atoms with Crippen molar-refractivity contribution in [3.8, 4) is 11.4 Å². The fourth-order valence-electron chi connectivity index (χ4n) is 4.36. The van der Waals surface area contributed by atoms with E-state index < -0.39 is 6.55 Å². The van der Waals surface area contributed by atoms with Gasteiger partial charge in [-0.2, -0.15) is 13.9 Å². The van der Waals surface area contributed by atoms with E-state index in [0.717, 1.165) is 47.9 Å². The lowest BCUT2D eigenvalue weighted by atomic mass is 10.2. The molecule has 3 heterocycles. The molecule has 0 saturated carbocycles. The van der Waals surface area contributed by atoms with E-state index in [-0.39, 0.29) is 12.3 Å². The highest BCUT2D eigenvalue weighted by atomic mass is 19.3. The van der Waals surface area contributed by atoms with Crippen LogP contribution in [0.2, 0.25) is 0 Å². The number of rotatable bonds is 6. The van der Waals surface area contributed by atoms with Crippen LogP contribution in [0.1, 0.15) is 29.8 Å². The first-order valence-corrected chi connectivity index (χ1v) is 10.4. The average Bonchev–Trinajstić information content (AvgIpc) is 3.51. The molecular formula is C22H21F2N7O2. The number of hydrogen-bond donors (Lipinski definition) is 2. The summed E-state index contributed by atoms with van der Waals surface area (Å²) >= 11 is 0. The molecule has 3 aromatic heterocycles. The summed E-state index contributed by atoms with van der Waals surface area (Å²) in [7, 11) is 1.51. The fourth-order valence-corrected chi connectivity index (χ4v) is 4.36. The molecule has 0 radical (unpaired) electrons. The van der Waals surface area contributed by atoms with Crippen LogP contribution in [-0.2, 0) is 24.1 Å². The second kappa shape index (κ2) is 8.15. The van der Waals surface area contributed by atoms with Crippen LogP contribution in [0.5, 0.6) is 5.75 Å². The molecule has 4 aromatic rings. The number of anilines is 2. The highest BCUT2D eigenvalue weighted by Gasteiger charge is 2.25. The number of amides is 1. The molecule has 1 aliphatic rings. The number of aromatic nitrogens is 5. The molecule has 33 heavy (non-hydrogen) atoms. The number of halogens is 2. The van der Waals surface area contributed by atoms with Crippen LogP contribution in [0.25, 0.3) is 16.7 Å². The number of nitrogens with one attached hydrogen (secondary N) is 1. The lowest BCUT2D eigenvalue weighted by molar-refractivity contribution is -0.115. The van der Waals surface area contributed by atoms with Crippen LogP contribution >= 0.6 is 0 Å². The lowest BCUT2D eigenvalue weighted by Gasteiger charge is -2.15. The van der Waals surface area contributed by atoms with Gasteiger partial charge in [0.1, 0.15) is 17.6 Å². The van der Waals surface area contributed by atoms with Gasteiger partial charge in [-0.1, -0.05) is 0 Å². The van der Waals surface area contributed by atoms with Crippen molar-refractivity contribution < 1.29 is 18.3 Å². The number of carbonyl (C=O) groups excluding carboxylic acids is 1. The Labute approximate surface area is 187 Å². The SMILES string of the molecule is COc1cc(-n2c3c(c4ncnc(N)c42)CCC3)ccc1NC(=O)Cc1cnn(C(F)F)c1. The summed E-state index contributed by atoms with van der Waals surface area (Å²) in [4.78, 5) is 21.1. The Bertz CT molecular complexity index is 1360. The summed E-state index contributed by atoms with van der Waals surface area (Å²) in [5.41, 5.74) is 11.8. The number of carbonyl (C=O) groups is 1. The zero-order valence-corrected chi connectivity index (χ0v) is 17.8. The van der Waals surface area contributed by atoms with Gasteiger partial charge in [-0.3, -0.25) is 4.79 Å². The van der Waals surface area contributed by atoms with Crippen molar-refractivity contribution in [3.05, 3.63) is 53.7 Å². The number of nitrogen functional groups attached to an aromatic ring is 1. The third-order valence-electron chi connectivity index (χ3n) is 5.76. The van der Waals surface area contributed by atoms with Crippen molar-refractivity contribution in [1.29, 1.82) is 0 Å². The lowest BCUT2D eigenvalue weighted by Crippen LogP contribution is -2.15. The Hall–Kier alpha value is -4.02. The molecule has 0 spiro atoms. The van der Waals surface area contributed by atoms with Crippen molar-refractivity contribution in [2.45, 2.75) is 32.2 Å². The predicted molar refractivity (Wildman–Crippen MR) is 118 cm³/mol. The minimum Gasteiger partial charge on any atom is -0.494 e. The first kappa shape index (κ1) is 20.9. The van der Waals surface area contributed by atoms with Gasteiger partial charge in [0.15, 0.2) is 5.82 Å². The maximum absolute atomic E-state index is 12.7. The van der Waals surface area contributed by atoms with Crippen LogP contribution in [0.3, 0.4) is 0 Å². The Morgan fingerprint density at radius 1 is 1.30 bits per heavy atom. The number of hydrogen-bond acceptors (Lipinski definition) is 6. The largest absolute Gasteiger partial charge is 0.494 e. The smallest absolute Gasteiger partial charge is 0.333 e. The zero-order chi connectivity index (χ0) is 23.1. The maximum atomic E-state index is 12.7. The molecule has 0 bridgehead atoms. The third kappa shape index (κ3) is 3.65.